The van der Waals surface area contributed by atoms with Crippen LogP contribution in [-0.4, -0.2) is 10.9 Å². The molecule has 3 nitrogen and oxygen atoms in total. The number of nitrogens with one attached hydrogen (secondary N) is 1. The van der Waals surface area contributed by atoms with Crippen LogP contribution < -0.4 is 5.32 Å². The van der Waals surface area contributed by atoms with Crippen LogP contribution in [0.3, 0.4) is 0 Å². The van der Waals surface area contributed by atoms with Gasteiger partial charge in [0.15, 0.2) is 0 Å². The lowest BCUT2D eigenvalue weighted by atomic mass is 10.1. The molecule has 3 aromatic carbocycles. The fraction of sp³-hybridized carbons (Fsp3) is 0.240. The molecule has 0 unspecified atom stereocenters. The zero-order valence-electron chi connectivity index (χ0n) is 17.1. The minimum atomic E-state index is -0.0897. The van der Waals surface area contributed by atoms with Crippen LogP contribution >= 0.6 is 0 Å². The Morgan fingerprint density at radius 3 is 1.64 bits per heavy atom. The van der Waals surface area contributed by atoms with E-state index in [4.69, 9.17) is 0 Å². The summed E-state index contributed by atoms with van der Waals surface area (Å²) in [7, 11) is 0. The van der Waals surface area contributed by atoms with Crippen LogP contribution in [-0.2, 0) is 13.1 Å². The van der Waals surface area contributed by atoms with Gasteiger partial charge < -0.3 is 10.2 Å². The smallest absolute Gasteiger partial charge is 0.316 e. The second kappa shape index (κ2) is 8.75. The van der Waals surface area contributed by atoms with Crippen LogP contribution in [0.1, 0.15) is 33.4 Å². The van der Waals surface area contributed by atoms with E-state index in [9.17, 15) is 4.79 Å². The number of benzene rings is 3. The van der Waals surface area contributed by atoms with Crippen molar-refractivity contribution in [2.24, 2.45) is 0 Å². The molecule has 0 saturated heterocycles. The molecular weight excluding hydrogens is 344 g/mol. The third-order valence-electron chi connectivity index (χ3n) is 4.90. The molecule has 28 heavy (non-hydrogen) atoms. The highest BCUT2D eigenvalue weighted by Crippen LogP contribution is 2.19. The van der Waals surface area contributed by atoms with Crippen LogP contribution in [0.25, 0.3) is 0 Å². The molecule has 0 aromatic heterocycles. The van der Waals surface area contributed by atoms with E-state index < -0.39 is 0 Å². The van der Waals surface area contributed by atoms with Crippen LogP contribution in [0.4, 0.5) is 10.5 Å². The summed E-state index contributed by atoms with van der Waals surface area (Å²) in [6.07, 6.45) is 0. The number of carbonyl (C=O) groups excluding carboxylic acids is 1. The van der Waals surface area contributed by atoms with E-state index in [0.717, 1.165) is 22.4 Å². The van der Waals surface area contributed by atoms with Crippen LogP contribution in [0.2, 0.25) is 0 Å². The molecule has 0 fully saturated rings. The number of hydrogen-bond donors (Lipinski definition) is 1. The molecular formula is C25H28N2O. The van der Waals surface area contributed by atoms with Crippen LogP contribution in [0.15, 0.2) is 66.7 Å². The van der Waals surface area contributed by atoms with Gasteiger partial charge in [0.25, 0.3) is 0 Å². The van der Waals surface area contributed by atoms with Gasteiger partial charge in [-0.05, 0) is 50.5 Å². The fourth-order valence-corrected chi connectivity index (χ4v) is 3.18. The molecule has 3 aromatic rings. The molecule has 0 radical (unpaired) electrons. The Morgan fingerprint density at radius 1 is 0.714 bits per heavy atom. The van der Waals surface area contributed by atoms with E-state index in [1.54, 1.807) is 0 Å². The van der Waals surface area contributed by atoms with E-state index in [-0.39, 0.29) is 6.03 Å². The molecule has 0 bridgehead atoms. The average molecular weight is 373 g/mol. The standard InChI is InChI=1S/C25H28N2O/c1-18-5-10-22(11-6-18)16-27(17-23-12-7-19(2)8-13-23)25(28)26-24-14-9-20(3)15-21(24)4/h5-15H,16-17H2,1-4H3,(H,26,28). The molecule has 0 aliphatic heterocycles. The van der Waals surface area contributed by atoms with Gasteiger partial charge in [-0.3, -0.25) is 0 Å². The van der Waals surface area contributed by atoms with Gasteiger partial charge in [-0.25, -0.2) is 4.79 Å². The average Bonchev–Trinajstić information content (AvgIpc) is 2.67. The van der Waals surface area contributed by atoms with Crippen molar-refractivity contribution in [3.8, 4) is 0 Å². The Morgan fingerprint density at radius 2 is 1.18 bits per heavy atom. The van der Waals surface area contributed by atoms with Gasteiger partial charge in [-0.2, -0.15) is 0 Å². The largest absolute Gasteiger partial charge is 0.322 e. The number of nitrogens with zero attached hydrogens (tertiary/aromatic N) is 1. The number of anilines is 1. The first-order valence-electron chi connectivity index (χ1n) is 9.65. The number of rotatable bonds is 5. The quantitative estimate of drug-likeness (QED) is 0.572. The second-order valence-corrected chi connectivity index (χ2v) is 7.58. The maximum Gasteiger partial charge on any atom is 0.322 e. The first kappa shape index (κ1) is 19.7. The summed E-state index contributed by atoms with van der Waals surface area (Å²) in [5.41, 5.74) is 7.78. The van der Waals surface area contributed by atoms with E-state index in [0.29, 0.717) is 13.1 Å². The summed E-state index contributed by atoms with van der Waals surface area (Å²) in [4.78, 5) is 15.0. The monoisotopic (exact) mass is 372 g/mol. The van der Waals surface area contributed by atoms with Crippen molar-refractivity contribution in [1.82, 2.24) is 4.90 Å². The van der Waals surface area contributed by atoms with Gasteiger partial charge in [0.2, 0.25) is 0 Å². The molecule has 0 saturated carbocycles. The number of amides is 2. The molecule has 2 amide bonds. The predicted octanol–water partition coefficient (Wildman–Crippen LogP) is 6.15. The van der Waals surface area contributed by atoms with Crippen molar-refractivity contribution < 1.29 is 4.79 Å². The van der Waals surface area contributed by atoms with Crippen molar-refractivity contribution in [3.63, 3.8) is 0 Å². The Hall–Kier alpha value is -3.07. The third kappa shape index (κ3) is 5.23. The van der Waals surface area contributed by atoms with Crippen molar-refractivity contribution in [3.05, 3.63) is 100 Å². The first-order valence-corrected chi connectivity index (χ1v) is 9.65. The predicted molar refractivity (Wildman–Crippen MR) is 117 cm³/mol. The van der Waals surface area contributed by atoms with Gasteiger partial charge in [0, 0.05) is 18.8 Å². The highest BCUT2D eigenvalue weighted by Gasteiger charge is 2.16. The maximum atomic E-state index is 13.1. The van der Waals surface area contributed by atoms with Crippen LogP contribution in [0, 0.1) is 27.7 Å². The van der Waals surface area contributed by atoms with Crippen molar-refractivity contribution in [2.75, 3.05) is 5.32 Å². The normalized spacial score (nSPS) is 10.6. The zero-order chi connectivity index (χ0) is 20.1. The molecule has 3 heteroatoms. The molecule has 0 aliphatic carbocycles. The molecule has 0 heterocycles. The summed E-state index contributed by atoms with van der Waals surface area (Å²) < 4.78 is 0. The Balaban J connectivity index is 1.81. The lowest BCUT2D eigenvalue weighted by Gasteiger charge is -2.24. The molecule has 3 rings (SSSR count). The highest BCUT2D eigenvalue weighted by atomic mass is 16.2. The summed E-state index contributed by atoms with van der Waals surface area (Å²) in [6.45, 7) is 9.34. The summed E-state index contributed by atoms with van der Waals surface area (Å²) in [5, 5.41) is 3.09. The SMILES string of the molecule is Cc1ccc(CN(Cc2ccc(C)cc2)C(=O)Nc2ccc(C)cc2C)cc1. The first-order chi connectivity index (χ1) is 13.4. The van der Waals surface area contributed by atoms with Crippen molar-refractivity contribution >= 4 is 11.7 Å². The fourth-order valence-electron chi connectivity index (χ4n) is 3.18. The molecule has 0 spiro atoms. The van der Waals surface area contributed by atoms with E-state index in [1.165, 1.54) is 16.7 Å². The van der Waals surface area contributed by atoms with Crippen molar-refractivity contribution in [2.45, 2.75) is 40.8 Å². The maximum absolute atomic E-state index is 13.1. The minimum absolute atomic E-state index is 0.0897. The highest BCUT2D eigenvalue weighted by molar-refractivity contribution is 5.90. The molecule has 144 valence electrons. The minimum Gasteiger partial charge on any atom is -0.316 e. The topological polar surface area (TPSA) is 32.3 Å². The Bertz CT molecular complexity index is 896. The molecule has 0 atom stereocenters. The second-order valence-electron chi connectivity index (χ2n) is 7.58. The summed E-state index contributed by atoms with van der Waals surface area (Å²) in [6, 6.07) is 22.7. The van der Waals surface area contributed by atoms with Gasteiger partial charge in [0.1, 0.15) is 0 Å². The third-order valence-corrected chi connectivity index (χ3v) is 4.90. The zero-order valence-corrected chi connectivity index (χ0v) is 17.1. The van der Waals surface area contributed by atoms with E-state index in [1.807, 2.05) is 24.0 Å². The number of carbonyl (C=O) groups is 1. The van der Waals surface area contributed by atoms with E-state index in [2.05, 4.69) is 80.7 Å². The van der Waals surface area contributed by atoms with Gasteiger partial charge in [-0.1, -0.05) is 77.4 Å². The summed E-state index contributed by atoms with van der Waals surface area (Å²) in [5.74, 6) is 0. The van der Waals surface area contributed by atoms with Crippen LogP contribution in [0.5, 0.6) is 0 Å². The number of urea groups is 1. The Kier molecular flexibility index (Phi) is 6.15. The number of hydrogen-bond acceptors (Lipinski definition) is 1. The van der Waals surface area contributed by atoms with Gasteiger partial charge in [-0.15, -0.1) is 0 Å². The number of aryl methyl sites for hydroxylation is 4. The lowest BCUT2D eigenvalue weighted by Crippen LogP contribution is -2.34. The van der Waals surface area contributed by atoms with Crippen molar-refractivity contribution in [1.29, 1.82) is 0 Å². The van der Waals surface area contributed by atoms with Gasteiger partial charge in [0.05, 0.1) is 0 Å². The molecule has 0 aliphatic rings. The molecule has 1 N–H and O–H groups in total. The lowest BCUT2D eigenvalue weighted by molar-refractivity contribution is 0.206. The Labute approximate surface area is 168 Å². The van der Waals surface area contributed by atoms with E-state index >= 15 is 0 Å². The van der Waals surface area contributed by atoms with Gasteiger partial charge >= 0.3 is 6.03 Å². The summed E-state index contributed by atoms with van der Waals surface area (Å²) >= 11 is 0.